The van der Waals surface area contributed by atoms with E-state index in [2.05, 4.69) is 46.0 Å². The van der Waals surface area contributed by atoms with Gasteiger partial charge >= 0.3 is 5.92 Å². The smallest absolute Gasteiger partial charge is 0.321 e. The van der Waals surface area contributed by atoms with E-state index < -0.39 is 44.9 Å². The van der Waals surface area contributed by atoms with Crippen LogP contribution in [0.15, 0.2) is 23.3 Å². The van der Waals surface area contributed by atoms with Gasteiger partial charge in [-0.25, -0.2) is 0 Å². The Labute approximate surface area is 237 Å². The lowest BCUT2D eigenvalue weighted by atomic mass is 9.35. The molecule has 1 amide bonds. The van der Waals surface area contributed by atoms with Gasteiger partial charge in [0.2, 0.25) is 0 Å². The second-order valence-corrected chi connectivity index (χ2v) is 15.8. The van der Waals surface area contributed by atoms with Crippen LogP contribution >= 0.6 is 0 Å². The number of halogens is 2. The quantitative estimate of drug-likeness (QED) is 0.410. The Bertz CT molecular complexity index is 1300. The van der Waals surface area contributed by atoms with Gasteiger partial charge in [-0.05, 0) is 79.1 Å². The number of nitrogens with zero attached hydrogens (tertiary/aromatic N) is 1. The summed E-state index contributed by atoms with van der Waals surface area (Å²) in [4.78, 5) is 40.3. The van der Waals surface area contributed by atoms with Gasteiger partial charge in [-0.15, -0.1) is 0 Å². The number of alkyl halides is 2. The fourth-order valence-electron chi connectivity index (χ4n) is 10.2. The molecule has 0 saturated heterocycles. The highest BCUT2D eigenvalue weighted by Crippen LogP contribution is 2.73. The van der Waals surface area contributed by atoms with Crippen molar-refractivity contribution in [2.45, 2.75) is 112 Å². The number of hydrogen-bond acceptors (Lipinski definition) is 4. The van der Waals surface area contributed by atoms with Crippen molar-refractivity contribution < 1.29 is 23.2 Å². The third-order valence-corrected chi connectivity index (χ3v) is 12.6. The van der Waals surface area contributed by atoms with Crippen molar-refractivity contribution >= 4 is 17.5 Å². The minimum absolute atomic E-state index is 0.0113. The van der Waals surface area contributed by atoms with Crippen LogP contribution in [0.2, 0.25) is 0 Å². The van der Waals surface area contributed by atoms with Gasteiger partial charge < -0.3 is 5.32 Å². The topological polar surface area (TPSA) is 87.0 Å². The highest BCUT2D eigenvalue weighted by Gasteiger charge is 2.70. The van der Waals surface area contributed by atoms with E-state index in [9.17, 15) is 28.4 Å². The van der Waals surface area contributed by atoms with Crippen LogP contribution in [0.3, 0.4) is 0 Å². The molecule has 5 aliphatic carbocycles. The lowest BCUT2D eigenvalue weighted by Crippen LogP contribution is -2.70. The van der Waals surface area contributed by atoms with Gasteiger partial charge in [-0.1, -0.05) is 60.1 Å². The number of nitriles is 1. The third kappa shape index (κ3) is 3.69. The molecule has 0 heterocycles. The summed E-state index contributed by atoms with van der Waals surface area (Å²) in [6.45, 7) is 15.3. The number of Topliss-reactive ketones (excluding diaryl/α,β-unsaturated/α-hetero) is 1. The van der Waals surface area contributed by atoms with Gasteiger partial charge in [0.1, 0.15) is 6.07 Å². The summed E-state index contributed by atoms with van der Waals surface area (Å²) < 4.78 is 28.3. The zero-order valence-electron chi connectivity index (χ0n) is 25.3. The lowest BCUT2D eigenvalue weighted by Gasteiger charge is -2.69. The summed E-state index contributed by atoms with van der Waals surface area (Å²) in [5.74, 6) is -5.62. The van der Waals surface area contributed by atoms with Gasteiger partial charge in [-0.3, -0.25) is 14.4 Å². The Morgan fingerprint density at radius 1 is 1.02 bits per heavy atom. The molecule has 0 aliphatic heterocycles. The Balaban J connectivity index is 1.67. The summed E-state index contributed by atoms with van der Waals surface area (Å²) in [6, 6.07) is 2.13. The Morgan fingerprint density at radius 3 is 2.25 bits per heavy atom. The number of fused-ring (bicyclic) bond motifs is 7. The molecule has 0 aromatic carbocycles. The minimum atomic E-state index is -3.49. The number of carbonyl (C=O) groups excluding carboxylic acids is 3. The van der Waals surface area contributed by atoms with Crippen LogP contribution in [-0.2, 0) is 14.4 Å². The number of nitrogens with one attached hydrogen (secondary N) is 1. The largest absolute Gasteiger partial charge is 0.345 e. The minimum Gasteiger partial charge on any atom is -0.345 e. The number of ketones is 2. The fourth-order valence-corrected chi connectivity index (χ4v) is 10.2. The second-order valence-electron chi connectivity index (χ2n) is 15.8. The van der Waals surface area contributed by atoms with E-state index in [1.807, 2.05) is 19.9 Å². The van der Waals surface area contributed by atoms with Crippen LogP contribution in [0.5, 0.6) is 0 Å². The summed E-state index contributed by atoms with van der Waals surface area (Å²) >= 11 is 0. The van der Waals surface area contributed by atoms with Gasteiger partial charge in [0.15, 0.2) is 11.6 Å². The number of rotatable bonds is 2. The molecule has 0 spiro atoms. The van der Waals surface area contributed by atoms with Crippen molar-refractivity contribution in [3.05, 3.63) is 23.3 Å². The third-order valence-electron chi connectivity index (χ3n) is 12.6. The van der Waals surface area contributed by atoms with Crippen molar-refractivity contribution in [3.63, 3.8) is 0 Å². The summed E-state index contributed by atoms with van der Waals surface area (Å²) in [7, 11) is 0. The van der Waals surface area contributed by atoms with Gasteiger partial charge in [-0.2, -0.15) is 14.0 Å². The van der Waals surface area contributed by atoms with E-state index in [0.29, 0.717) is 32.6 Å². The van der Waals surface area contributed by atoms with E-state index in [-0.39, 0.29) is 34.4 Å². The molecule has 0 aromatic heterocycles. The molecule has 3 fully saturated rings. The predicted octanol–water partition coefficient (Wildman–Crippen LogP) is 6.73. The fraction of sp³-hybridized carbons (Fsp3) is 0.758. The van der Waals surface area contributed by atoms with Crippen molar-refractivity contribution in [2.75, 3.05) is 0 Å². The van der Waals surface area contributed by atoms with Crippen LogP contribution in [-0.4, -0.2) is 28.9 Å². The van der Waals surface area contributed by atoms with Crippen molar-refractivity contribution in [2.24, 2.45) is 44.8 Å². The van der Waals surface area contributed by atoms with Crippen molar-refractivity contribution in [1.82, 2.24) is 5.32 Å². The highest BCUT2D eigenvalue weighted by atomic mass is 19.3. The molecule has 0 bridgehead atoms. The standard InChI is InChI=1S/C33H44F2N2O3/c1-27(2)11-13-33(37-26(40)32(8,34)35)14-12-31(7)24(20(33)17-27)21(38)15-23-29(5)16-19(18-36)25(39)28(3,4)22(29)9-10-30(23,31)6/h15-16,20,22,24H,9-14,17H2,1-8H3,(H,37,40)/t20?,22-,24?,29-,30?,31+,33-/m0/s1. The van der Waals surface area contributed by atoms with Gasteiger partial charge in [0, 0.05) is 29.2 Å². The van der Waals surface area contributed by atoms with Crippen LogP contribution in [0.1, 0.15) is 100 Å². The molecule has 7 heteroatoms. The first-order valence-electron chi connectivity index (χ1n) is 14.8. The molecule has 5 nitrogen and oxygen atoms in total. The maximum absolute atomic E-state index is 14.4. The number of hydrogen-bond donors (Lipinski definition) is 1. The van der Waals surface area contributed by atoms with E-state index in [1.165, 1.54) is 0 Å². The molecular weight excluding hydrogens is 510 g/mol. The Hall–Kier alpha value is -2.36. The van der Waals surface area contributed by atoms with Crippen molar-refractivity contribution in [1.29, 1.82) is 5.26 Å². The molecule has 218 valence electrons. The molecule has 3 unspecified atom stereocenters. The zero-order valence-corrected chi connectivity index (χ0v) is 25.3. The normalized spacial score (nSPS) is 43.6. The average molecular weight is 555 g/mol. The molecule has 5 aliphatic rings. The van der Waals surface area contributed by atoms with Crippen molar-refractivity contribution in [3.8, 4) is 6.07 Å². The lowest BCUT2D eigenvalue weighted by molar-refractivity contribution is -0.168. The number of amides is 1. The first kappa shape index (κ1) is 29.1. The molecule has 3 saturated carbocycles. The number of carbonyl (C=O) groups is 3. The SMILES string of the molecule is CC1(C)CC[C@]2(NC(=O)C(C)(F)F)CC[C@]3(C)C(C(=O)C=C4C3(C)CC[C@H]3C(C)(C)C(=O)C(C#N)=C[C@]43C)C2C1. The molecular formula is C33H44F2N2O3. The first-order chi connectivity index (χ1) is 18.2. The summed E-state index contributed by atoms with van der Waals surface area (Å²) in [5, 5.41) is 12.7. The molecule has 0 aromatic rings. The Kier molecular flexibility index (Phi) is 6.09. The monoisotopic (exact) mass is 554 g/mol. The maximum atomic E-state index is 14.4. The molecule has 7 atom stereocenters. The van der Waals surface area contributed by atoms with Crippen LogP contribution in [0, 0.1) is 56.2 Å². The molecule has 0 radical (unpaired) electrons. The summed E-state index contributed by atoms with van der Waals surface area (Å²) in [5.41, 5.74) is -1.98. The average Bonchev–Trinajstić information content (AvgIpc) is 2.83. The van der Waals surface area contributed by atoms with Gasteiger partial charge in [0.25, 0.3) is 5.91 Å². The molecule has 1 N–H and O–H groups in total. The maximum Gasteiger partial charge on any atom is 0.321 e. The van der Waals surface area contributed by atoms with E-state index in [1.54, 1.807) is 6.08 Å². The first-order valence-corrected chi connectivity index (χ1v) is 14.8. The second kappa shape index (κ2) is 8.35. The van der Waals surface area contributed by atoms with Gasteiger partial charge in [0.05, 0.1) is 5.57 Å². The summed E-state index contributed by atoms with van der Waals surface area (Å²) in [6.07, 6.45) is 8.42. The number of allylic oxidation sites excluding steroid dienone is 4. The molecule has 40 heavy (non-hydrogen) atoms. The van der Waals surface area contributed by atoms with E-state index in [0.717, 1.165) is 24.8 Å². The van der Waals surface area contributed by atoms with Crippen LogP contribution in [0.25, 0.3) is 0 Å². The van der Waals surface area contributed by atoms with E-state index in [4.69, 9.17) is 0 Å². The molecule has 5 rings (SSSR count). The Morgan fingerprint density at radius 2 is 1.65 bits per heavy atom. The highest BCUT2D eigenvalue weighted by molar-refractivity contribution is 6.04. The van der Waals surface area contributed by atoms with Crippen LogP contribution < -0.4 is 5.32 Å². The predicted molar refractivity (Wildman–Crippen MR) is 148 cm³/mol. The van der Waals surface area contributed by atoms with E-state index >= 15 is 0 Å². The van der Waals surface area contributed by atoms with Crippen LogP contribution in [0.4, 0.5) is 8.78 Å². The zero-order chi connectivity index (χ0) is 29.9.